The summed E-state index contributed by atoms with van der Waals surface area (Å²) in [5.74, 6) is -0.288. The van der Waals surface area contributed by atoms with Gasteiger partial charge in [-0.15, -0.1) is 0 Å². The summed E-state index contributed by atoms with van der Waals surface area (Å²) in [7, 11) is 0. The van der Waals surface area contributed by atoms with Crippen LogP contribution in [0.15, 0.2) is 54.7 Å². The quantitative estimate of drug-likeness (QED) is 0.885. The van der Waals surface area contributed by atoms with E-state index in [0.29, 0.717) is 6.54 Å². The summed E-state index contributed by atoms with van der Waals surface area (Å²) in [4.78, 5) is 11.6. The number of carbonyl (C=O) groups is 1. The molecule has 0 saturated carbocycles. The Balaban J connectivity index is 1.77. The average molecular weight is 284 g/mol. The van der Waals surface area contributed by atoms with Crippen LogP contribution in [0.5, 0.6) is 0 Å². The van der Waals surface area contributed by atoms with E-state index in [0.717, 1.165) is 11.1 Å². The van der Waals surface area contributed by atoms with Gasteiger partial charge < -0.3 is 10.6 Å². The summed E-state index contributed by atoms with van der Waals surface area (Å²) in [6, 6.07) is 13.7. The van der Waals surface area contributed by atoms with Gasteiger partial charge in [0.15, 0.2) is 0 Å². The molecule has 0 unspecified atom stereocenters. The minimum atomic E-state index is -0.303. The van der Waals surface area contributed by atoms with Crippen LogP contribution in [0.1, 0.15) is 16.7 Å². The maximum absolute atomic E-state index is 12.7. The van der Waals surface area contributed by atoms with Crippen LogP contribution in [0.3, 0.4) is 0 Å². The highest BCUT2D eigenvalue weighted by molar-refractivity contribution is 5.75. The molecule has 0 radical (unpaired) electrons. The van der Waals surface area contributed by atoms with E-state index in [2.05, 4.69) is 10.6 Å². The Kier molecular flexibility index (Phi) is 5.10. The normalized spacial score (nSPS) is 10.6. The van der Waals surface area contributed by atoms with Crippen molar-refractivity contribution in [1.82, 2.24) is 10.6 Å². The van der Waals surface area contributed by atoms with Gasteiger partial charge in [-0.1, -0.05) is 42.0 Å². The minimum absolute atomic E-state index is 0.288. The van der Waals surface area contributed by atoms with Gasteiger partial charge in [0, 0.05) is 12.7 Å². The molecule has 2 N–H and O–H groups in total. The van der Waals surface area contributed by atoms with Crippen molar-refractivity contribution in [1.29, 1.82) is 0 Å². The summed E-state index contributed by atoms with van der Waals surface area (Å²) in [5.41, 5.74) is 3.05. The largest absolute Gasteiger partial charge is 0.334 e. The van der Waals surface area contributed by atoms with Gasteiger partial charge in [-0.3, -0.25) is 0 Å². The highest BCUT2D eigenvalue weighted by Crippen LogP contribution is 2.04. The van der Waals surface area contributed by atoms with E-state index in [-0.39, 0.29) is 11.8 Å². The van der Waals surface area contributed by atoms with Gasteiger partial charge in [0.1, 0.15) is 5.82 Å². The van der Waals surface area contributed by atoms with E-state index in [9.17, 15) is 9.18 Å². The standard InChI is InChI=1S/C17H17FN2O/c1-13-2-4-14(5-3-13)10-11-19-17(21)20-12-15-6-8-16(18)9-7-15/h2-11H,12H2,1H3,(H2,19,20,21)/b11-10+. The van der Waals surface area contributed by atoms with Crippen LogP contribution in [0.2, 0.25) is 0 Å². The number of urea groups is 1. The lowest BCUT2D eigenvalue weighted by Crippen LogP contribution is -2.31. The molecule has 0 heterocycles. The average Bonchev–Trinajstić information content (AvgIpc) is 2.49. The molecule has 4 heteroatoms. The van der Waals surface area contributed by atoms with Crippen LogP contribution in [-0.2, 0) is 6.54 Å². The fourth-order valence-electron chi connectivity index (χ4n) is 1.73. The maximum Gasteiger partial charge on any atom is 0.319 e. The van der Waals surface area contributed by atoms with Crippen molar-refractivity contribution >= 4 is 12.1 Å². The molecule has 2 aromatic rings. The molecule has 108 valence electrons. The lowest BCUT2D eigenvalue weighted by atomic mass is 10.1. The molecule has 0 atom stereocenters. The lowest BCUT2D eigenvalue weighted by Gasteiger charge is -2.04. The van der Waals surface area contributed by atoms with Crippen LogP contribution >= 0.6 is 0 Å². The van der Waals surface area contributed by atoms with E-state index in [1.807, 2.05) is 37.3 Å². The third kappa shape index (κ3) is 5.10. The number of carbonyl (C=O) groups excluding carboxylic acids is 1. The molecule has 3 nitrogen and oxygen atoms in total. The Morgan fingerprint density at radius 2 is 1.76 bits per heavy atom. The van der Waals surface area contributed by atoms with E-state index < -0.39 is 0 Å². The summed E-state index contributed by atoms with van der Waals surface area (Å²) in [6.07, 6.45) is 3.40. The second-order valence-electron chi connectivity index (χ2n) is 4.70. The van der Waals surface area contributed by atoms with Crippen LogP contribution in [0.4, 0.5) is 9.18 Å². The van der Waals surface area contributed by atoms with Gasteiger partial charge in [0.05, 0.1) is 0 Å². The van der Waals surface area contributed by atoms with E-state index in [1.54, 1.807) is 18.3 Å². The van der Waals surface area contributed by atoms with Crippen LogP contribution in [-0.4, -0.2) is 6.03 Å². The minimum Gasteiger partial charge on any atom is -0.334 e. The molecular weight excluding hydrogens is 267 g/mol. The maximum atomic E-state index is 12.7. The molecule has 2 amide bonds. The number of amides is 2. The summed E-state index contributed by atoms with van der Waals surface area (Å²) < 4.78 is 12.7. The van der Waals surface area contributed by atoms with E-state index in [4.69, 9.17) is 0 Å². The van der Waals surface area contributed by atoms with Crippen molar-refractivity contribution in [2.24, 2.45) is 0 Å². The first-order valence-corrected chi connectivity index (χ1v) is 6.65. The van der Waals surface area contributed by atoms with Crippen molar-refractivity contribution in [3.05, 3.63) is 77.2 Å². The van der Waals surface area contributed by atoms with Crippen LogP contribution in [0.25, 0.3) is 6.08 Å². The smallest absolute Gasteiger partial charge is 0.319 e. The van der Waals surface area contributed by atoms with E-state index >= 15 is 0 Å². The van der Waals surface area contributed by atoms with Gasteiger partial charge in [0.2, 0.25) is 0 Å². The van der Waals surface area contributed by atoms with Gasteiger partial charge in [-0.25, -0.2) is 9.18 Å². The molecule has 2 rings (SSSR count). The van der Waals surface area contributed by atoms with Crippen LogP contribution < -0.4 is 10.6 Å². The Hall–Kier alpha value is -2.62. The number of rotatable bonds is 4. The predicted octanol–water partition coefficient (Wildman–Crippen LogP) is 3.60. The third-order valence-electron chi connectivity index (χ3n) is 2.93. The molecular formula is C17H17FN2O. The number of hydrogen-bond acceptors (Lipinski definition) is 1. The van der Waals surface area contributed by atoms with E-state index in [1.165, 1.54) is 17.7 Å². The highest BCUT2D eigenvalue weighted by Gasteiger charge is 1.98. The zero-order chi connectivity index (χ0) is 15.1. The zero-order valence-corrected chi connectivity index (χ0v) is 11.8. The molecule has 21 heavy (non-hydrogen) atoms. The van der Waals surface area contributed by atoms with Crippen molar-refractivity contribution in [2.75, 3.05) is 0 Å². The van der Waals surface area contributed by atoms with Crippen LogP contribution in [0, 0.1) is 12.7 Å². The Bertz CT molecular complexity index is 618. The second kappa shape index (κ2) is 7.24. The fourth-order valence-corrected chi connectivity index (χ4v) is 1.73. The predicted molar refractivity (Wildman–Crippen MR) is 82.0 cm³/mol. The summed E-state index contributed by atoms with van der Waals surface area (Å²) in [5, 5.41) is 5.31. The molecule has 2 aromatic carbocycles. The van der Waals surface area contributed by atoms with Crippen molar-refractivity contribution in [2.45, 2.75) is 13.5 Å². The highest BCUT2D eigenvalue weighted by atomic mass is 19.1. The Morgan fingerprint density at radius 3 is 2.43 bits per heavy atom. The van der Waals surface area contributed by atoms with Crippen molar-refractivity contribution in [3.8, 4) is 0 Å². The molecule has 0 aliphatic heterocycles. The molecule has 0 saturated heterocycles. The Morgan fingerprint density at radius 1 is 1.10 bits per heavy atom. The fraction of sp³-hybridized carbons (Fsp3) is 0.118. The SMILES string of the molecule is Cc1ccc(/C=C/NC(=O)NCc2ccc(F)cc2)cc1. The number of hydrogen-bond donors (Lipinski definition) is 2. The van der Waals surface area contributed by atoms with Gasteiger partial charge in [0.25, 0.3) is 0 Å². The second-order valence-corrected chi connectivity index (χ2v) is 4.70. The van der Waals surface area contributed by atoms with Gasteiger partial charge >= 0.3 is 6.03 Å². The summed E-state index contributed by atoms with van der Waals surface area (Å²) >= 11 is 0. The molecule has 0 spiro atoms. The number of halogens is 1. The number of aryl methyl sites for hydroxylation is 1. The Labute approximate surface area is 123 Å². The molecule has 0 aliphatic rings. The monoisotopic (exact) mass is 284 g/mol. The molecule has 0 fully saturated rings. The molecule has 0 bridgehead atoms. The first-order chi connectivity index (χ1) is 10.1. The lowest BCUT2D eigenvalue weighted by molar-refractivity contribution is 0.244. The zero-order valence-electron chi connectivity index (χ0n) is 11.8. The van der Waals surface area contributed by atoms with Gasteiger partial charge in [-0.2, -0.15) is 0 Å². The van der Waals surface area contributed by atoms with Gasteiger partial charge in [-0.05, 0) is 36.3 Å². The first kappa shape index (κ1) is 14.8. The number of benzene rings is 2. The van der Waals surface area contributed by atoms with Crippen molar-refractivity contribution in [3.63, 3.8) is 0 Å². The molecule has 0 aromatic heterocycles. The topological polar surface area (TPSA) is 41.1 Å². The summed E-state index contributed by atoms with van der Waals surface area (Å²) in [6.45, 7) is 2.37. The number of nitrogens with one attached hydrogen (secondary N) is 2. The first-order valence-electron chi connectivity index (χ1n) is 6.65. The third-order valence-corrected chi connectivity index (χ3v) is 2.93. The van der Waals surface area contributed by atoms with Crippen molar-refractivity contribution < 1.29 is 9.18 Å². The molecule has 0 aliphatic carbocycles.